The second kappa shape index (κ2) is 4.54. The van der Waals surface area contributed by atoms with Gasteiger partial charge in [-0.15, -0.1) is 0 Å². The third-order valence-corrected chi connectivity index (χ3v) is 3.59. The van der Waals surface area contributed by atoms with Crippen molar-refractivity contribution in [1.29, 1.82) is 0 Å². The van der Waals surface area contributed by atoms with Crippen LogP contribution in [0.4, 0.5) is 10.3 Å². The molecule has 1 aromatic carbocycles. The lowest BCUT2D eigenvalue weighted by atomic mass is 9.86. The molecule has 2 heterocycles. The number of aliphatic hydroxyl groups is 1. The Morgan fingerprint density at radius 3 is 2.32 bits per heavy atom. The highest BCUT2D eigenvalue weighted by Gasteiger charge is 2.43. The summed E-state index contributed by atoms with van der Waals surface area (Å²) in [6.07, 6.45) is 3.33. The van der Waals surface area contributed by atoms with Crippen molar-refractivity contribution < 1.29 is 9.50 Å². The van der Waals surface area contributed by atoms with Gasteiger partial charge >= 0.3 is 0 Å². The standard InChI is InChI=1S/C13H11BrFN3O/c14-10-5-16-12(17-6-10)18-7-13(19,8-18)9-1-3-11(15)4-2-9/h1-6,19H,7-8H2. The average Bonchev–Trinajstić information content (AvgIpc) is 2.37. The molecule has 3 rings (SSSR count). The summed E-state index contributed by atoms with van der Waals surface area (Å²) < 4.78 is 13.7. The number of hydrogen-bond acceptors (Lipinski definition) is 4. The van der Waals surface area contributed by atoms with E-state index in [1.54, 1.807) is 24.5 Å². The first kappa shape index (κ1) is 12.5. The highest BCUT2D eigenvalue weighted by molar-refractivity contribution is 9.10. The van der Waals surface area contributed by atoms with E-state index in [1.165, 1.54) is 12.1 Å². The van der Waals surface area contributed by atoms with Crippen molar-refractivity contribution in [3.8, 4) is 0 Å². The molecule has 6 heteroatoms. The van der Waals surface area contributed by atoms with E-state index >= 15 is 0 Å². The summed E-state index contributed by atoms with van der Waals surface area (Å²) in [5.74, 6) is 0.273. The van der Waals surface area contributed by atoms with Crippen LogP contribution in [-0.2, 0) is 5.60 Å². The van der Waals surface area contributed by atoms with Gasteiger partial charge in [-0.2, -0.15) is 0 Å². The minimum absolute atomic E-state index is 0.306. The van der Waals surface area contributed by atoms with Crippen molar-refractivity contribution in [2.75, 3.05) is 18.0 Å². The predicted molar refractivity (Wildman–Crippen MR) is 72.2 cm³/mol. The van der Waals surface area contributed by atoms with Crippen LogP contribution in [0.25, 0.3) is 0 Å². The third kappa shape index (κ3) is 2.33. The smallest absolute Gasteiger partial charge is 0.225 e. The Hall–Kier alpha value is -1.53. The van der Waals surface area contributed by atoms with Crippen LogP contribution >= 0.6 is 15.9 Å². The van der Waals surface area contributed by atoms with Crippen molar-refractivity contribution in [1.82, 2.24) is 9.97 Å². The van der Waals surface area contributed by atoms with E-state index in [1.807, 2.05) is 4.90 Å². The Balaban J connectivity index is 1.74. The Labute approximate surface area is 118 Å². The normalized spacial score (nSPS) is 17.1. The fourth-order valence-electron chi connectivity index (χ4n) is 2.14. The number of hydrogen-bond donors (Lipinski definition) is 1. The Morgan fingerprint density at radius 2 is 1.74 bits per heavy atom. The molecule has 0 saturated carbocycles. The summed E-state index contributed by atoms with van der Waals surface area (Å²) in [6, 6.07) is 5.92. The molecule has 98 valence electrons. The predicted octanol–water partition coefficient (Wildman–Crippen LogP) is 2.09. The van der Waals surface area contributed by atoms with Crippen LogP contribution < -0.4 is 4.90 Å². The maximum Gasteiger partial charge on any atom is 0.225 e. The molecular formula is C13H11BrFN3O. The lowest BCUT2D eigenvalue weighted by molar-refractivity contribution is 0.00648. The number of anilines is 1. The lowest BCUT2D eigenvalue weighted by Gasteiger charge is -2.46. The molecule has 19 heavy (non-hydrogen) atoms. The van der Waals surface area contributed by atoms with Gasteiger partial charge in [0.25, 0.3) is 0 Å². The molecule has 1 N–H and O–H groups in total. The first-order chi connectivity index (χ1) is 9.07. The summed E-state index contributed by atoms with van der Waals surface area (Å²) in [6.45, 7) is 0.806. The van der Waals surface area contributed by atoms with E-state index in [9.17, 15) is 9.50 Å². The number of nitrogens with zero attached hydrogens (tertiary/aromatic N) is 3. The molecule has 0 bridgehead atoms. The number of β-amino-alcohol motifs (C(OH)–C–C–N with tert-alkyl or cyclic N) is 1. The molecular weight excluding hydrogens is 313 g/mol. The van der Waals surface area contributed by atoms with Crippen LogP contribution in [-0.4, -0.2) is 28.2 Å². The van der Waals surface area contributed by atoms with Gasteiger partial charge < -0.3 is 10.0 Å². The van der Waals surface area contributed by atoms with Gasteiger partial charge in [0.05, 0.1) is 17.6 Å². The molecule has 2 aromatic rings. The number of benzene rings is 1. The zero-order chi connectivity index (χ0) is 13.5. The molecule has 1 saturated heterocycles. The van der Waals surface area contributed by atoms with Crippen LogP contribution in [0.2, 0.25) is 0 Å². The average molecular weight is 324 g/mol. The zero-order valence-electron chi connectivity index (χ0n) is 9.92. The van der Waals surface area contributed by atoms with Crippen molar-refractivity contribution in [2.45, 2.75) is 5.60 Å². The molecule has 0 aliphatic carbocycles. The van der Waals surface area contributed by atoms with Crippen LogP contribution in [0.1, 0.15) is 5.56 Å². The molecule has 1 aliphatic heterocycles. The molecule has 0 atom stereocenters. The topological polar surface area (TPSA) is 49.2 Å². The van der Waals surface area contributed by atoms with E-state index in [-0.39, 0.29) is 5.82 Å². The minimum Gasteiger partial charge on any atom is -0.381 e. The summed E-state index contributed by atoms with van der Waals surface area (Å²) >= 11 is 3.27. The fraction of sp³-hybridized carbons (Fsp3) is 0.231. The zero-order valence-corrected chi connectivity index (χ0v) is 11.5. The molecule has 0 amide bonds. The molecule has 0 unspecified atom stereocenters. The van der Waals surface area contributed by atoms with Crippen molar-refractivity contribution in [3.63, 3.8) is 0 Å². The second-order valence-electron chi connectivity index (χ2n) is 4.60. The van der Waals surface area contributed by atoms with Crippen LogP contribution in [0, 0.1) is 5.82 Å². The molecule has 0 spiro atoms. The van der Waals surface area contributed by atoms with Gasteiger partial charge in [0, 0.05) is 12.4 Å². The molecule has 4 nitrogen and oxygen atoms in total. The lowest BCUT2D eigenvalue weighted by Crippen LogP contribution is -2.60. The van der Waals surface area contributed by atoms with Gasteiger partial charge in [-0.05, 0) is 33.6 Å². The maximum atomic E-state index is 12.9. The van der Waals surface area contributed by atoms with E-state index < -0.39 is 5.60 Å². The van der Waals surface area contributed by atoms with E-state index in [2.05, 4.69) is 25.9 Å². The minimum atomic E-state index is -0.954. The monoisotopic (exact) mass is 323 g/mol. The largest absolute Gasteiger partial charge is 0.381 e. The van der Waals surface area contributed by atoms with Crippen LogP contribution in [0.3, 0.4) is 0 Å². The number of aromatic nitrogens is 2. The van der Waals surface area contributed by atoms with Gasteiger partial charge in [0.15, 0.2) is 0 Å². The maximum absolute atomic E-state index is 12.9. The van der Waals surface area contributed by atoms with E-state index in [4.69, 9.17) is 0 Å². The van der Waals surface area contributed by atoms with Gasteiger partial charge in [-0.25, -0.2) is 14.4 Å². The van der Waals surface area contributed by atoms with Gasteiger partial charge in [-0.3, -0.25) is 0 Å². The van der Waals surface area contributed by atoms with Gasteiger partial charge in [0.2, 0.25) is 5.95 Å². The number of halogens is 2. The highest BCUT2D eigenvalue weighted by Crippen LogP contribution is 2.33. The summed E-state index contributed by atoms with van der Waals surface area (Å²) in [7, 11) is 0. The Bertz CT molecular complexity index is 582. The first-order valence-corrected chi connectivity index (χ1v) is 6.57. The molecule has 1 aromatic heterocycles. The SMILES string of the molecule is OC1(c2ccc(F)cc2)CN(c2ncc(Br)cn2)C1. The van der Waals surface area contributed by atoms with E-state index in [0.717, 1.165) is 4.47 Å². The number of rotatable bonds is 2. The first-order valence-electron chi connectivity index (χ1n) is 5.78. The van der Waals surface area contributed by atoms with Crippen molar-refractivity contribution in [2.24, 2.45) is 0 Å². The quantitative estimate of drug-likeness (QED) is 0.919. The van der Waals surface area contributed by atoms with Crippen LogP contribution in [0.5, 0.6) is 0 Å². The Kier molecular flexibility index (Phi) is 2.99. The van der Waals surface area contributed by atoms with Crippen molar-refractivity contribution in [3.05, 3.63) is 52.5 Å². The van der Waals surface area contributed by atoms with Crippen molar-refractivity contribution >= 4 is 21.9 Å². The third-order valence-electron chi connectivity index (χ3n) is 3.18. The summed E-state index contributed by atoms with van der Waals surface area (Å²) in [4.78, 5) is 10.2. The summed E-state index contributed by atoms with van der Waals surface area (Å²) in [5, 5.41) is 10.4. The van der Waals surface area contributed by atoms with Crippen LogP contribution in [0.15, 0.2) is 41.1 Å². The highest BCUT2D eigenvalue weighted by atomic mass is 79.9. The van der Waals surface area contributed by atoms with Gasteiger partial charge in [-0.1, -0.05) is 12.1 Å². The van der Waals surface area contributed by atoms with Gasteiger partial charge in [0.1, 0.15) is 11.4 Å². The van der Waals surface area contributed by atoms with E-state index in [0.29, 0.717) is 24.6 Å². The molecule has 0 radical (unpaired) electrons. The second-order valence-corrected chi connectivity index (χ2v) is 5.51. The summed E-state index contributed by atoms with van der Waals surface area (Å²) in [5.41, 5.74) is -0.244. The fourth-order valence-corrected chi connectivity index (χ4v) is 2.34. The molecule has 1 aliphatic rings. The Morgan fingerprint density at radius 1 is 1.16 bits per heavy atom. The molecule has 1 fully saturated rings.